The van der Waals surface area contributed by atoms with Gasteiger partial charge in [0.1, 0.15) is 23.6 Å². The van der Waals surface area contributed by atoms with Crippen LogP contribution in [0.5, 0.6) is 11.5 Å². The minimum atomic E-state index is -0.618. The van der Waals surface area contributed by atoms with Crippen LogP contribution in [-0.4, -0.2) is 106 Å². The Morgan fingerprint density at radius 3 is 1.32 bits per heavy atom. The SMILES string of the molecule is CCCCC1(c2ccccc2)CN(C(=O)[C@@H](Cc2ccc(OC)cc2)NC(=O)CCc2cnc[nH]2)C1.CCCCCC1(c2ccccc2)CN(C(=O)[C@@H](Cc2ccc(OC)cc2)NC(=O)CCc2cnc[nH]2)C1. The quantitative estimate of drug-likeness (QED) is 0.0413. The molecule has 6 aromatic rings. The van der Waals surface area contributed by atoms with Crippen LogP contribution in [0.25, 0.3) is 0 Å². The second-order valence-corrected chi connectivity index (χ2v) is 19.7. The van der Waals surface area contributed by atoms with Crippen molar-refractivity contribution in [3.63, 3.8) is 0 Å². The van der Waals surface area contributed by atoms with Crippen molar-refractivity contribution in [3.8, 4) is 11.5 Å². The minimum Gasteiger partial charge on any atom is -0.497 e. The number of aromatic nitrogens is 4. The van der Waals surface area contributed by atoms with E-state index < -0.39 is 12.1 Å². The number of aromatic amines is 2. The van der Waals surface area contributed by atoms with E-state index in [4.69, 9.17) is 9.47 Å². The second-order valence-electron chi connectivity index (χ2n) is 19.7. The fourth-order valence-corrected chi connectivity index (χ4v) is 10.2. The second kappa shape index (κ2) is 26.5. The zero-order valence-corrected chi connectivity index (χ0v) is 43.1. The number of carbonyl (C=O) groups is 4. The molecule has 14 nitrogen and oxygen atoms in total. The lowest BCUT2D eigenvalue weighted by molar-refractivity contribution is -0.144. The van der Waals surface area contributed by atoms with Crippen LogP contribution >= 0.6 is 0 Å². The first kappa shape index (κ1) is 53.6. The van der Waals surface area contributed by atoms with E-state index in [0.717, 1.165) is 66.1 Å². The molecule has 14 heteroatoms. The maximum atomic E-state index is 13.7. The number of nitrogens with zero attached hydrogens (tertiary/aromatic N) is 4. The Morgan fingerprint density at radius 1 is 0.562 bits per heavy atom. The molecule has 0 aliphatic carbocycles. The number of amides is 4. The van der Waals surface area contributed by atoms with Gasteiger partial charge in [0.15, 0.2) is 0 Å². The number of aryl methyl sites for hydroxylation is 2. The molecular weight excluding hydrogens is 917 g/mol. The van der Waals surface area contributed by atoms with Crippen LogP contribution in [0.1, 0.15) is 105 Å². The average Bonchev–Trinajstić information content (AvgIpc) is 4.14. The molecule has 0 unspecified atom stereocenters. The molecular formula is C59H74N8O6. The predicted octanol–water partition coefficient (Wildman–Crippen LogP) is 8.49. The van der Waals surface area contributed by atoms with Crippen molar-refractivity contribution in [1.29, 1.82) is 0 Å². The Morgan fingerprint density at radius 2 is 0.959 bits per heavy atom. The number of benzene rings is 4. The molecule has 386 valence electrons. The van der Waals surface area contributed by atoms with E-state index in [1.807, 2.05) is 70.5 Å². The van der Waals surface area contributed by atoms with Crippen molar-refractivity contribution in [2.75, 3.05) is 40.4 Å². The van der Waals surface area contributed by atoms with Crippen molar-refractivity contribution < 1.29 is 28.7 Å². The zero-order chi connectivity index (χ0) is 51.5. The van der Waals surface area contributed by atoms with Crippen LogP contribution < -0.4 is 20.1 Å². The molecule has 0 radical (unpaired) electrons. The van der Waals surface area contributed by atoms with Crippen LogP contribution in [0.3, 0.4) is 0 Å². The molecule has 2 atom stereocenters. The van der Waals surface area contributed by atoms with Gasteiger partial charge in [0, 0.05) is 86.5 Å². The molecule has 73 heavy (non-hydrogen) atoms. The number of unbranched alkanes of at least 4 members (excludes halogenated alkanes) is 3. The van der Waals surface area contributed by atoms with Gasteiger partial charge in [0.2, 0.25) is 23.6 Å². The minimum absolute atomic E-state index is 0.0117. The summed E-state index contributed by atoms with van der Waals surface area (Å²) in [5.74, 6) is 1.20. The summed E-state index contributed by atoms with van der Waals surface area (Å²) in [6, 6.07) is 35.1. The van der Waals surface area contributed by atoms with Crippen molar-refractivity contribution in [1.82, 2.24) is 40.4 Å². The van der Waals surface area contributed by atoms with Crippen LogP contribution in [0.15, 0.2) is 134 Å². The molecule has 4 N–H and O–H groups in total. The summed E-state index contributed by atoms with van der Waals surface area (Å²) in [7, 11) is 3.26. The molecule has 8 rings (SSSR count). The Labute approximate surface area is 431 Å². The number of ether oxygens (including phenoxy) is 2. The standard InChI is InChI=1S/C30H38N4O3.C29H36N4O3/c1-3-4-8-17-30(24-9-6-5-7-10-24)20-34(21-30)29(36)27(18-23-11-14-26(37-2)15-12-23)33-28(35)16-13-25-19-31-22-32-25;1-3-4-16-29(23-8-6-5-7-9-23)19-33(20-29)28(35)26(17-22-10-13-25(36-2)14-11-22)32-27(34)15-12-24-18-30-21-31-24/h5-7,9-12,14-15,19,22,27H,3-4,8,13,16-18,20-21H2,1-2H3,(H,31,32)(H,33,35);5-11,13-14,18,21,26H,3-4,12,15-17,19-20H2,1-2H3,(H,30,31)(H,32,34)/t27-;26-/m11/s1. The first-order valence-corrected chi connectivity index (χ1v) is 26.0. The van der Waals surface area contributed by atoms with Gasteiger partial charge in [-0.15, -0.1) is 0 Å². The van der Waals surface area contributed by atoms with Crippen LogP contribution in [0, 0.1) is 0 Å². The highest BCUT2D eigenvalue weighted by molar-refractivity contribution is 5.89. The van der Waals surface area contributed by atoms with Gasteiger partial charge < -0.3 is 39.9 Å². The van der Waals surface area contributed by atoms with Gasteiger partial charge in [-0.25, -0.2) is 9.97 Å². The van der Waals surface area contributed by atoms with Crippen molar-refractivity contribution >= 4 is 23.6 Å². The van der Waals surface area contributed by atoms with Crippen molar-refractivity contribution in [2.24, 2.45) is 0 Å². The summed E-state index contributed by atoms with van der Waals surface area (Å²) in [6.07, 6.45) is 17.0. The van der Waals surface area contributed by atoms with Gasteiger partial charge in [0.05, 0.1) is 26.9 Å². The lowest BCUT2D eigenvalue weighted by atomic mass is 9.70. The predicted molar refractivity (Wildman–Crippen MR) is 284 cm³/mol. The molecule has 4 amide bonds. The third kappa shape index (κ3) is 14.7. The van der Waals surface area contributed by atoms with E-state index in [0.29, 0.717) is 64.7 Å². The Bertz CT molecular complexity index is 2600. The molecule has 4 heterocycles. The number of rotatable bonds is 25. The van der Waals surface area contributed by atoms with E-state index in [2.05, 4.69) is 92.9 Å². The molecule has 4 aromatic carbocycles. The average molecular weight is 991 g/mol. The van der Waals surface area contributed by atoms with Gasteiger partial charge in [-0.1, -0.05) is 131 Å². The van der Waals surface area contributed by atoms with Gasteiger partial charge in [-0.2, -0.15) is 0 Å². The number of nitrogens with one attached hydrogen (secondary N) is 4. The Kier molecular flexibility index (Phi) is 19.4. The van der Waals surface area contributed by atoms with Gasteiger partial charge in [-0.05, 0) is 72.2 Å². The van der Waals surface area contributed by atoms with E-state index in [9.17, 15) is 19.2 Å². The third-order valence-corrected chi connectivity index (χ3v) is 14.5. The van der Waals surface area contributed by atoms with Crippen LogP contribution in [-0.2, 0) is 55.7 Å². The summed E-state index contributed by atoms with van der Waals surface area (Å²) in [4.78, 5) is 71.0. The monoisotopic (exact) mass is 991 g/mol. The fraction of sp³-hybridized carbons (Fsp3) is 0.424. The summed E-state index contributed by atoms with van der Waals surface area (Å²) in [5, 5.41) is 6.05. The molecule has 2 aliphatic rings. The largest absolute Gasteiger partial charge is 0.497 e. The molecule has 0 spiro atoms. The highest BCUT2D eigenvalue weighted by atomic mass is 16.5. The summed E-state index contributed by atoms with van der Waals surface area (Å²) < 4.78 is 10.5. The Balaban J connectivity index is 0.000000214. The number of hydrogen-bond donors (Lipinski definition) is 4. The van der Waals surface area contributed by atoms with Gasteiger partial charge in [-0.3, -0.25) is 19.2 Å². The topological polar surface area (TPSA) is 175 Å². The van der Waals surface area contributed by atoms with Gasteiger partial charge in [0.25, 0.3) is 0 Å². The molecule has 2 saturated heterocycles. The number of hydrogen-bond acceptors (Lipinski definition) is 8. The van der Waals surface area contributed by atoms with E-state index in [-0.39, 0.29) is 34.5 Å². The summed E-state index contributed by atoms with van der Waals surface area (Å²) >= 11 is 0. The molecule has 2 fully saturated rings. The number of likely N-dealkylation sites (tertiary alicyclic amines) is 2. The molecule has 2 aromatic heterocycles. The molecule has 0 saturated carbocycles. The fourth-order valence-electron chi connectivity index (χ4n) is 10.2. The van der Waals surface area contributed by atoms with Crippen molar-refractivity contribution in [3.05, 3.63) is 168 Å². The van der Waals surface area contributed by atoms with E-state index in [1.165, 1.54) is 24.0 Å². The van der Waals surface area contributed by atoms with E-state index >= 15 is 0 Å². The maximum Gasteiger partial charge on any atom is 0.245 e. The third-order valence-electron chi connectivity index (χ3n) is 14.5. The van der Waals surface area contributed by atoms with Crippen LogP contribution in [0.2, 0.25) is 0 Å². The lowest BCUT2D eigenvalue weighted by Gasteiger charge is -2.52. The highest BCUT2D eigenvalue weighted by Gasteiger charge is 2.48. The first-order chi connectivity index (χ1) is 35.6. The zero-order valence-electron chi connectivity index (χ0n) is 43.1. The smallest absolute Gasteiger partial charge is 0.245 e. The van der Waals surface area contributed by atoms with Crippen molar-refractivity contribution in [2.45, 2.75) is 120 Å². The van der Waals surface area contributed by atoms with E-state index in [1.54, 1.807) is 39.3 Å². The van der Waals surface area contributed by atoms with Gasteiger partial charge >= 0.3 is 0 Å². The first-order valence-electron chi connectivity index (χ1n) is 26.0. The molecule has 2 aliphatic heterocycles. The number of carbonyl (C=O) groups excluding carboxylic acids is 4. The summed E-state index contributed by atoms with van der Waals surface area (Å²) in [6.45, 7) is 7.14. The lowest BCUT2D eigenvalue weighted by Crippen LogP contribution is -2.64. The molecule has 0 bridgehead atoms. The van der Waals surface area contributed by atoms with Crippen LogP contribution in [0.4, 0.5) is 0 Å². The highest BCUT2D eigenvalue weighted by Crippen LogP contribution is 2.41. The maximum absolute atomic E-state index is 13.7. The number of methoxy groups -OCH3 is 2. The summed E-state index contributed by atoms with van der Waals surface area (Å²) in [5.41, 5.74) is 6.31. The Hall–Kier alpha value is -7.22. The number of H-pyrrole nitrogens is 2. The number of imidazole rings is 2. The normalized spacial score (nSPS) is 15.1.